The predicted molar refractivity (Wildman–Crippen MR) is 84.6 cm³/mol. The van der Waals surface area contributed by atoms with Crippen LogP contribution in [0, 0.1) is 0 Å². The average Bonchev–Trinajstić information content (AvgIpc) is 2.53. The van der Waals surface area contributed by atoms with Gasteiger partial charge in [0.25, 0.3) is 0 Å². The zero-order chi connectivity index (χ0) is 15.7. The molecule has 0 aromatic carbocycles. The molecule has 0 saturated carbocycles. The molecule has 0 bridgehead atoms. The van der Waals surface area contributed by atoms with Crippen LogP contribution < -0.4 is 10.6 Å². The fourth-order valence-corrected chi connectivity index (χ4v) is 2.43. The van der Waals surface area contributed by atoms with Gasteiger partial charge in [0.05, 0.1) is 18.9 Å². The van der Waals surface area contributed by atoms with Gasteiger partial charge in [-0.1, -0.05) is 13.8 Å². The van der Waals surface area contributed by atoms with E-state index in [0.717, 1.165) is 43.0 Å². The van der Waals surface area contributed by atoms with Crippen molar-refractivity contribution in [3.8, 4) is 0 Å². The molecule has 0 radical (unpaired) electrons. The molecule has 1 heterocycles. The normalized spacial score (nSPS) is 10.9. The second-order valence-electron chi connectivity index (χ2n) is 4.81. The molecule has 21 heavy (non-hydrogen) atoms. The second-order valence-corrected chi connectivity index (χ2v) is 4.81. The maximum atomic E-state index is 5.99. The van der Waals surface area contributed by atoms with Gasteiger partial charge in [0.15, 0.2) is 5.82 Å². The number of nitrogens with two attached hydrogens (primary N) is 1. The van der Waals surface area contributed by atoms with Crippen molar-refractivity contribution in [3.63, 3.8) is 0 Å². The zero-order valence-electron chi connectivity index (χ0n) is 13.7. The van der Waals surface area contributed by atoms with E-state index in [1.807, 2.05) is 0 Å². The smallest absolute Gasteiger partial charge is 0.156 e. The van der Waals surface area contributed by atoms with Crippen LogP contribution in [0.4, 0.5) is 5.82 Å². The number of methoxy groups -OCH3 is 2. The van der Waals surface area contributed by atoms with E-state index in [4.69, 9.17) is 15.2 Å². The monoisotopic (exact) mass is 296 g/mol. The van der Waals surface area contributed by atoms with Crippen LogP contribution in [0.2, 0.25) is 0 Å². The summed E-state index contributed by atoms with van der Waals surface area (Å²) in [5.74, 6) is 0.862. The lowest BCUT2D eigenvalue weighted by Crippen LogP contribution is -2.33. The lowest BCUT2D eigenvalue weighted by atomic mass is 10.0. The fraction of sp³-hybridized carbons (Fsp3) is 0.733. The van der Waals surface area contributed by atoms with Crippen molar-refractivity contribution in [2.45, 2.75) is 33.2 Å². The minimum atomic E-state index is 0.470. The highest BCUT2D eigenvalue weighted by Crippen LogP contribution is 2.23. The highest BCUT2D eigenvalue weighted by Gasteiger charge is 2.18. The quantitative estimate of drug-likeness (QED) is 0.698. The van der Waals surface area contributed by atoms with Gasteiger partial charge < -0.3 is 20.1 Å². The van der Waals surface area contributed by atoms with E-state index in [1.165, 1.54) is 5.56 Å². The maximum absolute atomic E-state index is 5.99. The highest BCUT2D eigenvalue weighted by molar-refractivity contribution is 5.51. The molecule has 6 nitrogen and oxygen atoms in total. The Kier molecular flexibility index (Phi) is 8.19. The first-order valence-electron chi connectivity index (χ1n) is 7.53. The number of nitrogens with zero attached hydrogens (tertiary/aromatic N) is 3. The standard InChI is InChI=1S/C15H28N4O2/c1-5-12-13(11-16)15(18-17-14(12)6-2)19(7-9-20-3)8-10-21-4/h5-11,16H2,1-4H3. The molecule has 0 saturated heterocycles. The van der Waals surface area contributed by atoms with Crippen molar-refractivity contribution in [2.75, 3.05) is 45.4 Å². The molecule has 1 rings (SSSR count). The first-order chi connectivity index (χ1) is 10.2. The molecule has 120 valence electrons. The van der Waals surface area contributed by atoms with E-state index in [1.54, 1.807) is 14.2 Å². The highest BCUT2D eigenvalue weighted by atomic mass is 16.5. The fourth-order valence-electron chi connectivity index (χ4n) is 2.43. The van der Waals surface area contributed by atoms with Gasteiger partial charge in [-0.2, -0.15) is 5.10 Å². The minimum absolute atomic E-state index is 0.470. The van der Waals surface area contributed by atoms with Gasteiger partial charge in [-0.25, -0.2) is 0 Å². The Morgan fingerprint density at radius 3 is 2.00 bits per heavy atom. The Morgan fingerprint density at radius 2 is 1.57 bits per heavy atom. The molecule has 0 fully saturated rings. The minimum Gasteiger partial charge on any atom is -0.383 e. The van der Waals surface area contributed by atoms with E-state index < -0.39 is 0 Å². The predicted octanol–water partition coefficient (Wildman–Crippen LogP) is 1.16. The molecule has 0 aliphatic rings. The molecule has 0 aliphatic heterocycles. The van der Waals surface area contributed by atoms with Crippen LogP contribution >= 0.6 is 0 Å². The van der Waals surface area contributed by atoms with E-state index in [9.17, 15) is 0 Å². The molecular weight excluding hydrogens is 268 g/mol. The Hall–Kier alpha value is -1.24. The van der Waals surface area contributed by atoms with E-state index in [-0.39, 0.29) is 0 Å². The van der Waals surface area contributed by atoms with E-state index in [0.29, 0.717) is 19.8 Å². The molecule has 0 amide bonds. The largest absolute Gasteiger partial charge is 0.383 e. The number of rotatable bonds is 10. The van der Waals surface area contributed by atoms with Crippen LogP contribution in [0.5, 0.6) is 0 Å². The lowest BCUT2D eigenvalue weighted by molar-refractivity contribution is 0.190. The summed E-state index contributed by atoms with van der Waals surface area (Å²) in [6, 6.07) is 0. The van der Waals surface area contributed by atoms with Crippen molar-refractivity contribution in [2.24, 2.45) is 5.73 Å². The summed E-state index contributed by atoms with van der Waals surface area (Å²) in [7, 11) is 3.39. The topological polar surface area (TPSA) is 73.5 Å². The van der Waals surface area contributed by atoms with Gasteiger partial charge in [-0.15, -0.1) is 5.10 Å². The van der Waals surface area contributed by atoms with Crippen LogP contribution in [-0.4, -0.2) is 50.7 Å². The Bertz CT molecular complexity index is 418. The van der Waals surface area contributed by atoms with E-state index >= 15 is 0 Å². The van der Waals surface area contributed by atoms with Gasteiger partial charge in [0.2, 0.25) is 0 Å². The molecule has 2 N–H and O–H groups in total. The maximum Gasteiger partial charge on any atom is 0.156 e. The Balaban J connectivity index is 3.16. The molecule has 1 aromatic heterocycles. The third kappa shape index (κ3) is 4.62. The summed E-state index contributed by atoms with van der Waals surface area (Å²) in [4.78, 5) is 2.14. The number of hydrogen-bond acceptors (Lipinski definition) is 6. The first-order valence-corrected chi connectivity index (χ1v) is 7.53. The number of ether oxygens (including phenoxy) is 2. The molecule has 0 atom stereocenters. The Morgan fingerprint density at radius 1 is 0.952 bits per heavy atom. The van der Waals surface area contributed by atoms with Crippen molar-refractivity contribution < 1.29 is 9.47 Å². The number of anilines is 1. The van der Waals surface area contributed by atoms with Gasteiger partial charge >= 0.3 is 0 Å². The van der Waals surface area contributed by atoms with Crippen molar-refractivity contribution in [1.29, 1.82) is 0 Å². The molecule has 6 heteroatoms. The van der Waals surface area contributed by atoms with Crippen LogP contribution in [0.3, 0.4) is 0 Å². The van der Waals surface area contributed by atoms with E-state index in [2.05, 4.69) is 28.9 Å². The molecule has 0 unspecified atom stereocenters. The van der Waals surface area contributed by atoms with Gasteiger partial charge in [0.1, 0.15) is 0 Å². The summed E-state index contributed by atoms with van der Waals surface area (Å²) < 4.78 is 10.4. The van der Waals surface area contributed by atoms with Crippen LogP contribution in [0.15, 0.2) is 0 Å². The SMILES string of the molecule is CCc1nnc(N(CCOC)CCOC)c(CN)c1CC. The number of aryl methyl sites for hydroxylation is 1. The summed E-state index contributed by atoms with van der Waals surface area (Å²) in [5.41, 5.74) is 9.35. The number of aromatic nitrogens is 2. The summed E-state index contributed by atoms with van der Waals surface area (Å²) >= 11 is 0. The van der Waals surface area contributed by atoms with Crippen LogP contribution in [0.25, 0.3) is 0 Å². The molecular formula is C15H28N4O2. The summed E-state index contributed by atoms with van der Waals surface area (Å²) in [5, 5.41) is 8.80. The van der Waals surface area contributed by atoms with Gasteiger partial charge in [-0.3, -0.25) is 0 Å². The summed E-state index contributed by atoms with van der Waals surface area (Å²) in [6.07, 6.45) is 1.79. The third-order valence-electron chi connectivity index (χ3n) is 3.57. The summed E-state index contributed by atoms with van der Waals surface area (Å²) in [6.45, 7) is 7.45. The van der Waals surface area contributed by atoms with Crippen molar-refractivity contribution in [3.05, 3.63) is 16.8 Å². The van der Waals surface area contributed by atoms with Crippen molar-refractivity contribution >= 4 is 5.82 Å². The lowest BCUT2D eigenvalue weighted by Gasteiger charge is -2.26. The van der Waals surface area contributed by atoms with Gasteiger partial charge in [-0.05, 0) is 18.4 Å². The zero-order valence-corrected chi connectivity index (χ0v) is 13.7. The van der Waals surface area contributed by atoms with Crippen LogP contribution in [-0.2, 0) is 28.9 Å². The molecule has 0 spiro atoms. The Labute approximate surface area is 127 Å². The van der Waals surface area contributed by atoms with Gasteiger partial charge in [0, 0.05) is 39.4 Å². The third-order valence-corrected chi connectivity index (χ3v) is 3.57. The first kappa shape index (κ1) is 17.8. The average molecular weight is 296 g/mol. The van der Waals surface area contributed by atoms with Crippen LogP contribution in [0.1, 0.15) is 30.7 Å². The second kappa shape index (κ2) is 9.65. The number of hydrogen-bond donors (Lipinski definition) is 1. The van der Waals surface area contributed by atoms with Crippen molar-refractivity contribution in [1.82, 2.24) is 10.2 Å². The molecule has 1 aromatic rings. The molecule has 0 aliphatic carbocycles.